The van der Waals surface area contributed by atoms with Crippen LogP contribution in [0.3, 0.4) is 0 Å². The minimum Gasteiger partial charge on any atom is -0.383 e. The highest BCUT2D eigenvalue weighted by molar-refractivity contribution is 9.12. The molecule has 0 unspecified atom stereocenters. The Morgan fingerprint density at radius 3 is 2.59 bits per heavy atom. The molecule has 0 saturated carbocycles. The van der Waals surface area contributed by atoms with E-state index < -0.39 is 0 Å². The molecule has 0 aliphatic carbocycles. The van der Waals surface area contributed by atoms with Gasteiger partial charge in [0.15, 0.2) is 0 Å². The maximum Gasteiger partial charge on any atom is 0.256 e. The summed E-state index contributed by atoms with van der Waals surface area (Å²) in [4.78, 5) is 14.2. The van der Waals surface area contributed by atoms with E-state index in [1.54, 1.807) is 7.11 Å². The highest BCUT2D eigenvalue weighted by atomic mass is 79.9. The predicted molar refractivity (Wildman–Crippen MR) is 77.8 cm³/mol. The Kier molecular flexibility index (Phi) is 6.12. The SMILES string of the molecule is COCCN(C(=O)c1cc(Br)sc1Br)C(C)C. The second-order valence-electron chi connectivity index (χ2n) is 3.82. The predicted octanol–water partition coefficient (Wildman–Crippen LogP) is 3.77. The van der Waals surface area contributed by atoms with E-state index in [0.717, 1.165) is 7.57 Å². The normalized spacial score (nSPS) is 10.9. The van der Waals surface area contributed by atoms with Crippen molar-refractivity contribution in [3.8, 4) is 0 Å². The fourth-order valence-corrected chi connectivity index (χ4v) is 4.20. The molecular weight excluding hydrogens is 370 g/mol. The number of carbonyl (C=O) groups is 1. The first kappa shape index (κ1) is 15.1. The minimum atomic E-state index is 0.0332. The molecule has 1 aromatic heterocycles. The van der Waals surface area contributed by atoms with Gasteiger partial charge in [0.2, 0.25) is 0 Å². The van der Waals surface area contributed by atoms with Gasteiger partial charge in [-0.2, -0.15) is 0 Å². The van der Waals surface area contributed by atoms with E-state index in [4.69, 9.17) is 4.74 Å². The molecular formula is C11H15Br2NO2S. The summed E-state index contributed by atoms with van der Waals surface area (Å²) in [7, 11) is 1.64. The second-order valence-corrected chi connectivity index (χ2v) is 7.57. The summed E-state index contributed by atoms with van der Waals surface area (Å²) in [6, 6.07) is 2.00. The van der Waals surface area contributed by atoms with Crippen molar-refractivity contribution >= 4 is 49.1 Å². The van der Waals surface area contributed by atoms with Gasteiger partial charge in [0.05, 0.1) is 19.7 Å². The Morgan fingerprint density at radius 2 is 2.18 bits per heavy atom. The van der Waals surface area contributed by atoms with Crippen molar-refractivity contribution in [2.45, 2.75) is 19.9 Å². The number of halogens is 2. The molecule has 0 aliphatic rings. The molecule has 0 N–H and O–H groups in total. The number of hydrogen-bond acceptors (Lipinski definition) is 3. The number of rotatable bonds is 5. The number of nitrogens with zero attached hydrogens (tertiary/aromatic N) is 1. The van der Waals surface area contributed by atoms with Crippen molar-refractivity contribution < 1.29 is 9.53 Å². The Labute approximate surface area is 122 Å². The first-order valence-corrected chi connectivity index (χ1v) is 7.62. The molecule has 17 heavy (non-hydrogen) atoms. The number of carbonyl (C=O) groups excluding carboxylic acids is 1. The number of hydrogen-bond donors (Lipinski definition) is 0. The van der Waals surface area contributed by atoms with Gasteiger partial charge in [-0.1, -0.05) is 0 Å². The summed E-state index contributed by atoms with van der Waals surface area (Å²) < 4.78 is 6.84. The molecule has 0 fully saturated rings. The molecule has 0 atom stereocenters. The van der Waals surface area contributed by atoms with Gasteiger partial charge < -0.3 is 9.64 Å². The molecule has 6 heteroatoms. The van der Waals surface area contributed by atoms with Gasteiger partial charge in [0.25, 0.3) is 5.91 Å². The van der Waals surface area contributed by atoms with E-state index in [-0.39, 0.29) is 11.9 Å². The summed E-state index contributed by atoms with van der Waals surface area (Å²) in [5.74, 6) is 0.0332. The maximum absolute atomic E-state index is 12.4. The van der Waals surface area contributed by atoms with Crippen LogP contribution >= 0.6 is 43.2 Å². The highest BCUT2D eigenvalue weighted by Gasteiger charge is 2.22. The fourth-order valence-electron chi connectivity index (χ4n) is 1.42. The monoisotopic (exact) mass is 383 g/mol. The summed E-state index contributed by atoms with van der Waals surface area (Å²) in [5, 5.41) is 0. The van der Waals surface area contributed by atoms with Crippen LogP contribution < -0.4 is 0 Å². The molecule has 0 radical (unpaired) electrons. The van der Waals surface area contributed by atoms with Crippen LogP contribution in [0.5, 0.6) is 0 Å². The molecule has 0 aromatic carbocycles. The van der Waals surface area contributed by atoms with Gasteiger partial charge in [-0.05, 0) is 51.8 Å². The average Bonchev–Trinajstić information content (AvgIpc) is 2.57. The van der Waals surface area contributed by atoms with Crippen molar-refractivity contribution in [1.82, 2.24) is 4.90 Å². The van der Waals surface area contributed by atoms with Crippen LogP contribution in [0.4, 0.5) is 0 Å². The molecule has 0 spiro atoms. The lowest BCUT2D eigenvalue weighted by Crippen LogP contribution is -2.39. The quantitative estimate of drug-likeness (QED) is 0.773. The molecule has 1 rings (SSSR count). The van der Waals surface area contributed by atoms with Crippen LogP contribution in [0.1, 0.15) is 24.2 Å². The van der Waals surface area contributed by atoms with Gasteiger partial charge in [-0.25, -0.2) is 0 Å². The Bertz CT molecular complexity index is 393. The van der Waals surface area contributed by atoms with E-state index in [0.29, 0.717) is 18.7 Å². The molecule has 1 heterocycles. The summed E-state index contributed by atoms with van der Waals surface area (Å²) in [6.07, 6.45) is 0. The molecule has 96 valence electrons. The van der Waals surface area contributed by atoms with Crippen molar-refractivity contribution in [2.24, 2.45) is 0 Å². The van der Waals surface area contributed by atoms with E-state index in [9.17, 15) is 4.79 Å². The lowest BCUT2D eigenvalue weighted by molar-refractivity contribution is 0.0634. The lowest BCUT2D eigenvalue weighted by atomic mass is 10.2. The van der Waals surface area contributed by atoms with Crippen LogP contribution in [0.15, 0.2) is 13.6 Å². The largest absolute Gasteiger partial charge is 0.383 e. The number of thiophene rings is 1. The zero-order valence-electron chi connectivity index (χ0n) is 10.00. The molecule has 3 nitrogen and oxygen atoms in total. The van der Waals surface area contributed by atoms with Crippen molar-refractivity contribution in [1.29, 1.82) is 0 Å². The van der Waals surface area contributed by atoms with Crippen LogP contribution in [0.25, 0.3) is 0 Å². The van der Waals surface area contributed by atoms with Crippen LogP contribution in [-0.2, 0) is 4.74 Å². The van der Waals surface area contributed by atoms with Crippen LogP contribution in [0, 0.1) is 0 Å². The number of methoxy groups -OCH3 is 1. The van der Waals surface area contributed by atoms with Gasteiger partial charge in [0.1, 0.15) is 0 Å². The van der Waals surface area contributed by atoms with Crippen LogP contribution in [0.2, 0.25) is 0 Å². The average molecular weight is 385 g/mol. The van der Waals surface area contributed by atoms with Crippen LogP contribution in [-0.4, -0.2) is 37.1 Å². The molecule has 0 aliphatic heterocycles. The smallest absolute Gasteiger partial charge is 0.256 e. The molecule has 0 bridgehead atoms. The molecule has 1 aromatic rings. The zero-order valence-corrected chi connectivity index (χ0v) is 14.0. The van der Waals surface area contributed by atoms with Crippen molar-refractivity contribution in [3.63, 3.8) is 0 Å². The van der Waals surface area contributed by atoms with E-state index >= 15 is 0 Å². The van der Waals surface area contributed by atoms with Gasteiger partial charge >= 0.3 is 0 Å². The summed E-state index contributed by atoms with van der Waals surface area (Å²) in [6.45, 7) is 5.16. The Hall–Kier alpha value is 0.0900. The van der Waals surface area contributed by atoms with Gasteiger partial charge in [-0.15, -0.1) is 11.3 Å². The topological polar surface area (TPSA) is 29.5 Å². The van der Waals surface area contributed by atoms with Crippen molar-refractivity contribution in [2.75, 3.05) is 20.3 Å². The van der Waals surface area contributed by atoms with Gasteiger partial charge in [0, 0.05) is 19.7 Å². The third-order valence-electron chi connectivity index (χ3n) is 2.31. The van der Waals surface area contributed by atoms with E-state index in [1.807, 2.05) is 24.8 Å². The first-order valence-electron chi connectivity index (χ1n) is 5.22. The maximum atomic E-state index is 12.4. The third kappa shape index (κ3) is 4.05. The number of ether oxygens (including phenoxy) is 1. The Balaban J connectivity index is 2.87. The standard InChI is InChI=1S/C11H15Br2NO2S/c1-7(2)14(4-5-16-3)11(15)8-6-9(12)17-10(8)13/h6-7H,4-5H2,1-3H3. The zero-order chi connectivity index (χ0) is 13.0. The summed E-state index contributed by atoms with van der Waals surface area (Å²) >= 11 is 8.30. The molecule has 0 saturated heterocycles. The third-order valence-corrected chi connectivity index (χ3v) is 4.65. The minimum absolute atomic E-state index is 0.0332. The van der Waals surface area contributed by atoms with Crippen molar-refractivity contribution in [3.05, 3.63) is 19.2 Å². The lowest BCUT2D eigenvalue weighted by Gasteiger charge is -2.26. The Morgan fingerprint density at radius 1 is 1.53 bits per heavy atom. The highest BCUT2D eigenvalue weighted by Crippen LogP contribution is 2.32. The van der Waals surface area contributed by atoms with E-state index in [2.05, 4.69) is 31.9 Å². The second kappa shape index (κ2) is 6.87. The summed E-state index contributed by atoms with van der Waals surface area (Å²) in [5.41, 5.74) is 0.701. The fraction of sp³-hybridized carbons (Fsp3) is 0.545. The molecule has 1 amide bonds. The first-order chi connectivity index (χ1) is 7.97. The van der Waals surface area contributed by atoms with E-state index in [1.165, 1.54) is 11.3 Å². The number of amides is 1. The van der Waals surface area contributed by atoms with Gasteiger partial charge in [-0.3, -0.25) is 4.79 Å².